The second-order valence-electron chi connectivity index (χ2n) is 17.3. The highest BCUT2D eigenvalue weighted by Crippen LogP contribution is 2.43. The molecule has 0 saturated heterocycles. The number of anilines is 3. The summed E-state index contributed by atoms with van der Waals surface area (Å²) in [7, 11) is 0. The third kappa shape index (κ3) is 6.59. The van der Waals surface area contributed by atoms with Crippen molar-refractivity contribution in [2.45, 2.75) is 0 Å². The zero-order chi connectivity index (χ0) is 44.3. The van der Waals surface area contributed by atoms with Gasteiger partial charge in [-0.25, -0.2) is 0 Å². The average Bonchev–Trinajstić information content (AvgIpc) is 3.96. The molecular formula is C64H42N2O. The summed E-state index contributed by atoms with van der Waals surface area (Å²) in [6.07, 6.45) is 0. The van der Waals surface area contributed by atoms with E-state index in [0.717, 1.165) is 66.9 Å². The van der Waals surface area contributed by atoms with Gasteiger partial charge < -0.3 is 13.9 Å². The minimum absolute atomic E-state index is 0.904. The van der Waals surface area contributed by atoms with E-state index in [-0.39, 0.29) is 0 Å². The number of benzene rings is 11. The Morgan fingerprint density at radius 1 is 0.299 bits per heavy atom. The molecule has 13 rings (SSSR count). The maximum Gasteiger partial charge on any atom is 0.143 e. The number of hydrogen-bond acceptors (Lipinski definition) is 2. The first-order chi connectivity index (χ1) is 33.2. The molecule has 11 aromatic carbocycles. The van der Waals surface area contributed by atoms with Crippen LogP contribution in [0.1, 0.15) is 0 Å². The molecule has 0 radical (unpaired) electrons. The lowest BCUT2D eigenvalue weighted by Gasteiger charge is -2.26. The Morgan fingerprint density at radius 2 is 0.791 bits per heavy atom. The summed E-state index contributed by atoms with van der Waals surface area (Å²) < 4.78 is 8.85. The molecule has 67 heavy (non-hydrogen) atoms. The van der Waals surface area contributed by atoms with Crippen LogP contribution in [-0.4, -0.2) is 4.57 Å². The highest BCUT2D eigenvalue weighted by atomic mass is 16.3. The summed E-state index contributed by atoms with van der Waals surface area (Å²) in [5.41, 5.74) is 17.9. The Balaban J connectivity index is 0.860. The zero-order valence-corrected chi connectivity index (χ0v) is 36.6. The van der Waals surface area contributed by atoms with Crippen LogP contribution in [0.25, 0.3) is 105 Å². The van der Waals surface area contributed by atoms with Gasteiger partial charge in [0.1, 0.15) is 11.2 Å². The van der Waals surface area contributed by atoms with Crippen LogP contribution in [-0.2, 0) is 0 Å². The first-order valence-corrected chi connectivity index (χ1v) is 22.9. The van der Waals surface area contributed by atoms with Gasteiger partial charge in [0.25, 0.3) is 0 Å². The fourth-order valence-electron chi connectivity index (χ4n) is 10.2. The highest BCUT2D eigenvalue weighted by molar-refractivity contribution is 6.25. The second kappa shape index (κ2) is 16.0. The predicted octanol–water partition coefficient (Wildman–Crippen LogP) is 18.0. The summed E-state index contributed by atoms with van der Waals surface area (Å²) in [4.78, 5) is 2.34. The van der Waals surface area contributed by atoms with Gasteiger partial charge in [0.15, 0.2) is 0 Å². The van der Waals surface area contributed by atoms with Gasteiger partial charge >= 0.3 is 0 Å². The van der Waals surface area contributed by atoms with Crippen LogP contribution in [0.3, 0.4) is 0 Å². The van der Waals surface area contributed by atoms with Crippen molar-refractivity contribution in [3.8, 4) is 50.2 Å². The summed E-state index contributed by atoms with van der Waals surface area (Å²) in [5, 5.41) is 7.33. The first-order valence-electron chi connectivity index (χ1n) is 22.9. The van der Waals surface area contributed by atoms with E-state index < -0.39 is 0 Å². The largest absolute Gasteiger partial charge is 0.455 e. The van der Waals surface area contributed by atoms with E-state index in [9.17, 15) is 0 Å². The molecular weight excluding hydrogens is 813 g/mol. The van der Waals surface area contributed by atoms with Crippen molar-refractivity contribution in [3.63, 3.8) is 0 Å². The number of hydrogen-bond donors (Lipinski definition) is 0. The van der Waals surface area contributed by atoms with Gasteiger partial charge in [0.2, 0.25) is 0 Å². The second-order valence-corrected chi connectivity index (χ2v) is 17.3. The van der Waals surface area contributed by atoms with E-state index in [2.05, 4.69) is 252 Å². The van der Waals surface area contributed by atoms with Crippen LogP contribution in [0.15, 0.2) is 259 Å². The smallest absolute Gasteiger partial charge is 0.143 e. The lowest BCUT2D eigenvalue weighted by molar-refractivity contribution is 0.670. The molecule has 0 aliphatic heterocycles. The Labute approximate surface area is 388 Å². The van der Waals surface area contributed by atoms with Crippen molar-refractivity contribution in [2.75, 3.05) is 4.90 Å². The van der Waals surface area contributed by atoms with Crippen LogP contribution in [0.5, 0.6) is 0 Å². The van der Waals surface area contributed by atoms with Crippen LogP contribution in [0.4, 0.5) is 17.1 Å². The number of nitrogens with zero attached hydrogens (tertiary/aromatic N) is 2. The quantitative estimate of drug-likeness (QED) is 0.152. The molecule has 0 N–H and O–H groups in total. The first kappa shape index (κ1) is 38.5. The normalized spacial score (nSPS) is 11.6. The average molecular weight is 855 g/mol. The third-order valence-corrected chi connectivity index (χ3v) is 13.4. The minimum Gasteiger partial charge on any atom is -0.455 e. The molecule has 0 fully saturated rings. The van der Waals surface area contributed by atoms with Crippen molar-refractivity contribution in [3.05, 3.63) is 255 Å². The summed E-state index contributed by atoms with van der Waals surface area (Å²) in [6.45, 7) is 0. The van der Waals surface area contributed by atoms with Gasteiger partial charge in [-0.1, -0.05) is 188 Å². The molecule has 0 amide bonds. The van der Waals surface area contributed by atoms with Gasteiger partial charge in [0.05, 0.1) is 11.0 Å². The molecule has 0 unspecified atom stereocenters. The van der Waals surface area contributed by atoms with Gasteiger partial charge in [-0.3, -0.25) is 0 Å². The molecule has 13 aromatic rings. The zero-order valence-electron chi connectivity index (χ0n) is 36.6. The monoisotopic (exact) mass is 854 g/mol. The Hall–Kier alpha value is -8.92. The van der Waals surface area contributed by atoms with E-state index in [1.165, 1.54) is 54.8 Å². The summed E-state index contributed by atoms with van der Waals surface area (Å²) in [5.74, 6) is 0. The molecule has 314 valence electrons. The molecule has 3 nitrogen and oxygen atoms in total. The van der Waals surface area contributed by atoms with Crippen molar-refractivity contribution in [1.82, 2.24) is 4.57 Å². The minimum atomic E-state index is 0.904. The number of rotatable bonds is 8. The van der Waals surface area contributed by atoms with Gasteiger partial charge in [-0.2, -0.15) is 0 Å². The Morgan fingerprint density at radius 3 is 1.46 bits per heavy atom. The number of aromatic nitrogens is 1. The Kier molecular flexibility index (Phi) is 9.17. The van der Waals surface area contributed by atoms with Gasteiger partial charge in [-0.05, 0) is 116 Å². The number of para-hydroxylation sites is 3. The van der Waals surface area contributed by atoms with Crippen LogP contribution in [0.2, 0.25) is 0 Å². The van der Waals surface area contributed by atoms with E-state index >= 15 is 0 Å². The van der Waals surface area contributed by atoms with Gasteiger partial charge in [0, 0.05) is 49.9 Å². The summed E-state index contributed by atoms with van der Waals surface area (Å²) in [6, 6.07) is 91.7. The van der Waals surface area contributed by atoms with E-state index in [4.69, 9.17) is 4.42 Å². The fraction of sp³-hybridized carbons (Fsp3) is 0. The molecule has 0 aliphatic rings. The van der Waals surface area contributed by atoms with Gasteiger partial charge in [-0.15, -0.1) is 0 Å². The van der Waals surface area contributed by atoms with E-state index in [0.29, 0.717) is 0 Å². The van der Waals surface area contributed by atoms with Crippen molar-refractivity contribution >= 4 is 71.6 Å². The van der Waals surface area contributed by atoms with Crippen molar-refractivity contribution in [2.24, 2.45) is 0 Å². The summed E-state index contributed by atoms with van der Waals surface area (Å²) >= 11 is 0. The highest BCUT2D eigenvalue weighted by Gasteiger charge is 2.19. The topological polar surface area (TPSA) is 21.3 Å². The third-order valence-electron chi connectivity index (χ3n) is 13.4. The fourth-order valence-corrected chi connectivity index (χ4v) is 10.2. The maximum absolute atomic E-state index is 6.43. The number of fused-ring (bicyclic) bond motifs is 8. The van der Waals surface area contributed by atoms with E-state index in [1.807, 2.05) is 12.1 Å². The molecule has 0 atom stereocenters. The molecule has 0 aliphatic carbocycles. The molecule has 2 aromatic heterocycles. The SMILES string of the molecule is c1ccc(-c2ccc(N(c3ccc(-c4ccc(-n5c6ccccc6c6c7c(-c8ccccc8)cccc7ccc65)cc4)cc3)c3ccc(-c4cccc5c4oc4ccccc45)cc3)cc2)cc1. The van der Waals surface area contributed by atoms with Crippen LogP contribution < -0.4 is 4.90 Å². The van der Waals surface area contributed by atoms with Crippen LogP contribution >= 0.6 is 0 Å². The predicted molar refractivity (Wildman–Crippen MR) is 282 cm³/mol. The van der Waals surface area contributed by atoms with Crippen LogP contribution in [0, 0.1) is 0 Å². The standard InChI is InChI=1S/C64H42N2O/c1-3-13-43(14-4-1)44-25-34-50(35-26-44)65(52-40-31-48(32-41-52)55-21-12-22-57-56-18-8-10-24-61(56)67-64(55)57)51-36-27-45(28-37-51)46-29-38-53(39-30-46)66-59-23-9-7-19-58(59)63-60(66)42-33-49-17-11-20-54(62(49)63)47-15-5-2-6-16-47/h1-42H. The molecule has 0 bridgehead atoms. The maximum atomic E-state index is 6.43. The molecule has 0 spiro atoms. The van der Waals surface area contributed by atoms with Crippen molar-refractivity contribution in [1.29, 1.82) is 0 Å². The number of furan rings is 1. The van der Waals surface area contributed by atoms with Crippen molar-refractivity contribution < 1.29 is 4.42 Å². The lowest BCUT2D eigenvalue weighted by Crippen LogP contribution is -2.09. The lowest BCUT2D eigenvalue weighted by atomic mass is 9.94. The molecule has 3 heteroatoms. The van der Waals surface area contributed by atoms with E-state index in [1.54, 1.807) is 0 Å². The molecule has 2 heterocycles. The molecule has 0 saturated carbocycles. The Bertz CT molecular complexity index is 3920.